The van der Waals surface area contributed by atoms with Crippen LogP contribution in [0, 0.1) is 0 Å². The molecule has 152 valence electrons. The Kier molecular flexibility index (Phi) is 10.5. The third-order valence-corrected chi connectivity index (χ3v) is 5.01. The number of likely N-dealkylation sites (tertiary alicyclic amines) is 1. The number of urea groups is 1. The Bertz CT molecular complexity index is 590. The highest BCUT2D eigenvalue weighted by molar-refractivity contribution is 6.30. The van der Waals surface area contributed by atoms with E-state index in [1.54, 1.807) is 0 Å². The van der Waals surface area contributed by atoms with Crippen LogP contribution in [-0.2, 0) is 11.2 Å². The van der Waals surface area contributed by atoms with Crippen LogP contribution in [0.2, 0.25) is 5.02 Å². The second-order valence-electron chi connectivity index (χ2n) is 6.65. The third-order valence-electron chi connectivity index (χ3n) is 4.76. The predicted molar refractivity (Wildman–Crippen MR) is 110 cm³/mol. The Morgan fingerprint density at radius 1 is 1.26 bits per heavy atom. The van der Waals surface area contributed by atoms with Gasteiger partial charge in [0.1, 0.15) is 0 Å². The molecule has 2 rings (SSSR count). The lowest BCUT2D eigenvalue weighted by Gasteiger charge is -2.37. The molecule has 0 saturated carbocycles. The van der Waals surface area contributed by atoms with E-state index in [1.165, 1.54) is 5.56 Å². The quantitative estimate of drug-likeness (QED) is 0.680. The normalized spacial score (nSPS) is 14.7. The van der Waals surface area contributed by atoms with Crippen molar-refractivity contribution in [3.05, 3.63) is 34.9 Å². The van der Waals surface area contributed by atoms with E-state index in [0.29, 0.717) is 19.6 Å². The minimum atomic E-state index is -0.803. The summed E-state index contributed by atoms with van der Waals surface area (Å²) in [5.41, 5.74) is 1.20. The summed E-state index contributed by atoms with van der Waals surface area (Å²) in [6.45, 7) is 4.65. The van der Waals surface area contributed by atoms with Crippen LogP contribution in [0.25, 0.3) is 0 Å². The van der Waals surface area contributed by atoms with Gasteiger partial charge in [-0.3, -0.25) is 9.69 Å². The fourth-order valence-corrected chi connectivity index (χ4v) is 3.52. The number of carboxylic acid groups (broad SMARTS) is 1. The first-order valence-corrected chi connectivity index (χ1v) is 9.60. The summed E-state index contributed by atoms with van der Waals surface area (Å²) in [5.74, 6) is -0.803. The van der Waals surface area contributed by atoms with Gasteiger partial charge in [-0.05, 0) is 56.8 Å². The zero-order chi connectivity index (χ0) is 18.9. The van der Waals surface area contributed by atoms with Gasteiger partial charge in [-0.2, -0.15) is 0 Å². The number of piperidine rings is 1. The van der Waals surface area contributed by atoms with E-state index in [4.69, 9.17) is 11.6 Å². The molecule has 0 aromatic heterocycles. The summed E-state index contributed by atoms with van der Waals surface area (Å²) < 4.78 is 0. The molecule has 1 saturated heterocycles. The number of nitrogens with one attached hydrogen (secondary N) is 1. The van der Waals surface area contributed by atoms with E-state index < -0.39 is 5.97 Å². The van der Waals surface area contributed by atoms with Crippen molar-refractivity contribution in [3.8, 4) is 0 Å². The molecule has 8 heteroatoms. The van der Waals surface area contributed by atoms with Gasteiger partial charge in [0.2, 0.25) is 0 Å². The highest BCUT2D eigenvalue weighted by Gasteiger charge is 2.27. The summed E-state index contributed by atoms with van der Waals surface area (Å²) in [4.78, 5) is 27.0. The van der Waals surface area contributed by atoms with Gasteiger partial charge in [-0.15, -0.1) is 12.4 Å². The number of carbonyl (C=O) groups is 2. The molecule has 0 unspecified atom stereocenters. The second-order valence-corrected chi connectivity index (χ2v) is 7.08. The Hall–Kier alpha value is -1.50. The van der Waals surface area contributed by atoms with Crippen molar-refractivity contribution < 1.29 is 14.7 Å². The van der Waals surface area contributed by atoms with Crippen LogP contribution in [0.5, 0.6) is 0 Å². The summed E-state index contributed by atoms with van der Waals surface area (Å²) >= 11 is 5.90. The van der Waals surface area contributed by atoms with Crippen LogP contribution in [0.15, 0.2) is 24.3 Å². The van der Waals surface area contributed by atoms with Crippen LogP contribution in [-0.4, -0.2) is 65.7 Å². The van der Waals surface area contributed by atoms with Crippen molar-refractivity contribution in [2.45, 2.75) is 38.6 Å². The number of rotatable bonds is 8. The molecule has 0 radical (unpaired) electrons. The number of carbonyl (C=O) groups excluding carboxylic acids is 1. The molecule has 6 nitrogen and oxygen atoms in total. The summed E-state index contributed by atoms with van der Waals surface area (Å²) in [6.07, 6.45) is 3.41. The van der Waals surface area contributed by atoms with E-state index in [1.807, 2.05) is 41.0 Å². The number of hydrogen-bond acceptors (Lipinski definition) is 3. The molecule has 1 aliphatic heterocycles. The predicted octanol–water partition coefficient (Wildman–Crippen LogP) is 3.27. The number of aliphatic carboxylic acids is 1. The molecule has 0 aliphatic carbocycles. The smallest absolute Gasteiger partial charge is 0.317 e. The number of nitrogens with zero attached hydrogens (tertiary/aromatic N) is 2. The van der Waals surface area contributed by atoms with E-state index in [-0.39, 0.29) is 31.0 Å². The average Bonchev–Trinajstić information content (AvgIpc) is 2.62. The van der Waals surface area contributed by atoms with Crippen molar-refractivity contribution in [1.82, 2.24) is 15.1 Å². The van der Waals surface area contributed by atoms with Crippen molar-refractivity contribution in [3.63, 3.8) is 0 Å². The molecule has 1 fully saturated rings. The lowest BCUT2D eigenvalue weighted by atomic mass is 10.0. The number of aryl methyl sites for hydroxylation is 1. The molecule has 1 aliphatic rings. The fourth-order valence-electron chi connectivity index (χ4n) is 3.40. The minimum absolute atomic E-state index is 0. The topological polar surface area (TPSA) is 72.9 Å². The minimum Gasteiger partial charge on any atom is -0.480 e. The lowest BCUT2D eigenvalue weighted by Crippen LogP contribution is -2.50. The maximum atomic E-state index is 11.9. The first-order valence-electron chi connectivity index (χ1n) is 9.22. The standard InChI is InChI=1S/C19H28ClN3O3.ClH/c1-2-21-19(26)22-12-9-17(10-13-22)23(14-18(24)25)11-3-4-15-5-7-16(20)8-6-15;/h5-8,17H,2-4,9-14H2,1H3,(H,21,26)(H,24,25);1H. The van der Waals surface area contributed by atoms with Crippen LogP contribution >= 0.6 is 24.0 Å². The van der Waals surface area contributed by atoms with Gasteiger partial charge in [0, 0.05) is 30.7 Å². The first kappa shape index (κ1) is 23.5. The summed E-state index contributed by atoms with van der Waals surface area (Å²) in [6, 6.07) is 7.95. The highest BCUT2D eigenvalue weighted by atomic mass is 35.5. The molecule has 1 heterocycles. The molecule has 0 spiro atoms. The van der Waals surface area contributed by atoms with Crippen LogP contribution in [0.4, 0.5) is 4.79 Å². The van der Waals surface area contributed by atoms with Gasteiger partial charge in [-0.25, -0.2) is 4.79 Å². The van der Waals surface area contributed by atoms with E-state index in [0.717, 1.165) is 37.3 Å². The Labute approximate surface area is 172 Å². The monoisotopic (exact) mass is 417 g/mol. The van der Waals surface area contributed by atoms with Crippen molar-refractivity contribution >= 4 is 36.0 Å². The van der Waals surface area contributed by atoms with Gasteiger partial charge in [0.15, 0.2) is 0 Å². The van der Waals surface area contributed by atoms with Crippen molar-refractivity contribution in [2.24, 2.45) is 0 Å². The largest absolute Gasteiger partial charge is 0.480 e. The molecular weight excluding hydrogens is 389 g/mol. The van der Waals surface area contributed by atoms with E-state index in [9.17, 15) is 14.7 Å². The average molecular weight is 418 g/mol. The summed E-state index contributed by atoms with van der Waals surface area (Å²) in [5, 5.41) is 12.8. The second kappa shape index (κ2) is 12.1. The molecule has 0 atom stereocenters. The molecule has 2 N–H and O–H groups in total. The molecule has 1 aromatic rings. The number of benzene rings is 1. The maximum Gasteiger partial charge on any atom is 0.317 e. The highest BCUT2D eigenvalue weighted by Crippen LogP contribution is 2.18. The Morgan fingerprint density at radius 2 is 1.89 bits per heavy atom. The molecule has 27 heavy (non-hydrogen) atoms. The number of hydrogen-bond donors (Lipinski definition) is 2. The first-order chi connectivity index (χ1) is 12.5. The van der Waals surface area contributed by atoms with Crippen molar-refractivity contribution in [1.29, 1.82) is 0 Å². The van der Waals surface area contributed by atoms with E-state index >= 15 is 0 Å². The number of amides is 2. The van der Waals surface area contributed by atoms with Crippen LogP contribution in [0.1, 0.15) is 31.7 Å². The van der Waals surface area contributed by atoms with Gasteiger partial charge >= 0.3 is 12.0 Å². The van der Waals surface area contributed by atoms with Gasteiger partial charge < -0.3 is 15.3 Å². The van der Waals surface area contributed by atoms with E-state index in [2.05, 4.69) is 5.32 Å². The molecule has 2 amide bonds. The Morgan fingerprint density at radius 3 is 2.44 bits per heavy atom. The molecule has 1 aromatic carbocycles. The third kappa shape index (κ3) is 7.95. The van der Waals surface area contributed by atoms with Gasteiger partial charge in [0.05, 0.1) is 6.54 Å². The zero-order valence-electron chi connectivity index (χ0n) is 15.7. The van der Waals surface area contributed by atoms with Gasteiger partial charge in [-0.1, -0.05) is 23.7 Å². The number of halogens is 2. The SMILES string of the molecule is CCNC(=O)N1CCC(N(CCCc2ccc(Cl)cc2)CC(=O)O)CC1.Cl. The molecular formula is C19H29Cl2N3O3. The Balaban J connectivity index is 0.00000364. The maximum absolute atomic E-state index is 11.9. The fraction of sp³-hybridized carbons (Fsp3) is 0.579. The van der Waals surface area contributed by atoms with Crippen molar-refractivity contribution in [2.75, 3.05) is 32.7 Å². The number of carboxylic acids is 1. The lowest BCUT2D eigenvalue weighted by molar-refractivity contribution is -0.139. The zero-order valence-corrected chi connectivity index (χ0v) is 17.3. The van der Waals surface area contributed by atoms with Gasteiger partial charge in [0.25, 0.3) is 0 Å². The van der Waals surface area contributed by atoms with Crippen LogP contribution in [0.3, 0.4) is 0 Å². The molecule has 0 bridgehead atoms. The van der Waals surface area contributed by atoms with Crippen LogP contribution < -0.4 is 5.32 Å². The summed E-state index contributed by atoms with van der Waals surface area (Å²) in [7, 11) is 0.